The molecule has 2 fully saturated rings. The molecule has 0 bridgehead atoms. The number of rotatable bonds is 3. The van der Waals surface area contributed by atoms with Crippen LogP contribution in [0.15, 0.2) is 24.3 Å². The van der Waals surface area contributed by atoms with Crippen LogP contribution >= 0.6 is 0 Å². The van der Waals surface area contributed by atoms with E-state index in [1.807, 2.05) is 24.3 Å². The van der Waals surface area contributed by atoms with Crippen LogP contribution in [0.3, 0.4) is 0 Å². The van der Waals surface area contributed by atoms with Crippen LogP contribution in [0.1, 0.15) is 29.6 Å². The minimum atomic E-state index is -0.272. The summed E-state index contributed by atoms with van der Waals surface area (Å²) in [6.45, 7) is 4.47. The predicted molar refractivity (Wildman–Crippen MR) is 79.2 cm³/mol. The average molecular weight is 274 g/mol. The van der Waals surface area contributed by atoms with Gasteiger partial charge in [0.05, 0.1) is 12.7 Å². The van der Waals surface area contributed by atoms with E-state index in [0.29, 0.717) is 5.56 Å². The lowest BCUT2D eigenvalue weighted by atomic mass is 9.91. The van der Waals surface area contributed by atoms with Crippen molar-refractivity contribution in [1.82, 2.24) is 4.90 Å². The lowest BCUT2D eigenvalue weighted by Gasteiger charge is -2.43. The molecule has 1 aromatic carbocycles. The van der Waals surface area contributed by atoms with Crippen molar-refractivity contribution < 1.29 is 9.53 Å². The summed E-state index contributed by atoms with van der Waals surface area (Å²) < 4.78 is 4.72. The molecular formula is C16H22N2O2. The number of hydrogen-bond acceptors (Lipinski definition) is 4. The van der Waals surface area contributed by atoms with Crippen molar-refractivity contribution in [3.8, 4) is 0 Å². The van der Waals surface area contributed by atoms with E-state index >= 15 is 0 Å². The number of ether oxygens (including phenoxy) is 1. The molecule has 0 atom stereocenters. The average Bonchev–Trinajstić information content (AvgIpc) is 2.46. The van der Waals surface area contributed by atoms with Crippen LogP contribution in [0.4, 0.5) is 5.69 Å². The van der Waals surface area contributed by atoms with Gasteiger partial charge in [-0.25, -0.2) is 4.79 Å². The highest BCUT2D eigenvalue weighted by Gasteiger charge is 2.27. The molecule has 0 aromatic heterocycles. The van der Waals surface area contributed by atoms with Gasteiger partial charge in [0.1, 0.15) is 0 Å². The van der Waals surface area contributed by atoms with E-state index in [1.54, 1.807) is 0 Å². The molecule has 108 valence electrons. The zero-order chi connectivity index (χ0) is 13.9. The molecule has 1 saturated carbocycles. The molecule has 1 heterocycles. The van der Waals surface area contributed by atoms with Gasteiger partial charge in [-0.1, -0.05) is 6.42 Å². The zero-order valence-electron chi connectivity index (χ0n) is 12.0. The van der Waals surface area contributed by atoms with E-state index in [2.05, 4.69) is 9.80 Å². The van der Waals surface area contributed by atoms with Gasteiger partial charge in [0.2, 0.25) is 0 Å². The van der Waals surface area contributed by atoms with Gasteiger partial charge in [-0.05, 0) is 37.1 Å². The van der Waals surface area contributed by atoms with Crippen LogP contribution < -0.4 is 4.90 Å². The number of nitrogens with zero attached hydrogens (tertiary/aromatic N) is 2. The first-order valence-corrected chi connectivity index (χ1v) is 7.45. The van der Waals surface area contributed by atoms with Crippen molar-refractivity contribution in [2.24, 2.45) is 0 Å². The molecule has 4 nitrogen and oxygen atoms in total. The molecule has 2 aliphatic rings. The van der Waals surface area contributed by atoms with Crippen LogP contribution in [0.5, 0.6) is 0 Å². The third-order valence-corrected chi connectivity index (χ3v) is 4.56. The molecule has 20 heavy (non-hydrogen) atoms. The zero-order valence-corrected chi connectivity index (χ0v) is 12.0. The molecule has 4 heteroatoms. The van der Waals surface area contributed by atoms with Crippen molar-refractivity contribution in [3.05, 3.63) is 29.8 Å². The lowest BCUT2D eigenvalue weighted by molar-refractivity contribution is 0.0601. The van der Waals surface area contributed by atoms with Crippen molar-refractivity contribution in [1.29, 1.82) is 0 Å². The second-order valence-corrected chi connectivity index (χ2v) is 5.65. The first-order valence-electron chi connectivity index (χ1n) is 7.45. The predicted octanol–water partition coefficient (Wildman–Crippen LogP) is 2.15. The van der Waals surface area contributed by atoms with Gasteiger partial charge >= 0.3 is 5.97 Å². The van der Waals surface area contributed by atoms with Crippen molar-refractivity contribution >= 4 is 11.7 Å². The summed E-state index contributed by atoms with van der Waals surface area (Å²) in [5.41, 5.74) is 1.82. The second-order valence-electron chi connectivity index (χ2n) is 5.65. The summed E-state index contributed by atoms with van der Waals surface area (Å²) in [5, 5.41) is 0. The molecule has 0 unspecified atom stereocenters. The van der Waals surface area contributed by atoms with E-state index in [0.717, 1.165) is 32.2 Å². The highest BCUT2D eigenvalue weighted by atomic mass is 16.5. The van der Waals surface area contributed by atoms with Crippen LogP contribution in [-0.4, -0.2) is 50.2 Å². The number of hydrogen-bond donors (Lipinski definition) is 0. The maximum Gasteiger partial charge on any atom is 0.337 e. The maximum absolute atomic E-state index is 11.4. The highest BCUT2D eigenvalue weighted by Crippen LogP contribution is 2.26. The van der Waals surface area contributed by atoms with E-state index in [-0.39, 0.29) is 5.97 Å². The minimum absolute atomic E-state index is 0.272. The van der Waals surface area contributed by atoms with Gasteiger partial charge in [-0.2, -0.15) is 0 Å². The number of benzene rings is 1. The Morgan fingerprint density at radius 2 is 1.75 bits per heavy atom. The lowest BCUT2D eigenvalue weighted by Crippen LogP contribution is -2.52. The van der Waals surface area contributed by atoms with Crippen LogP contribution in [0.25, 0.3) is 0 Å². The van der Waals surface area contributed by atoms with E-state index in [4.69, 9.17) is 4.74 Å². The van der Waals surface area contributed by atoms with Crippen LogP contribution in [-0.2, 0) is 4.74 Å². The second kappa shape index (κ2) is 5.83. The molecule has 1 aliphatic heterocycles. The number of carbonyl (C=O) groups excluding carboxylic acids is 1. The van der Waals surface area contributed by atoms with Crippen LogP contribution in [0, 0.1) is 0 Å². The standard InChI is InChI=1S/C16H22N2O2/c1-20-16(19)13-5-7-15(8-6-13)18-11-9-17(10-12-18)14-3-2-4-14/h5-8,14H,2-4,9-12H2,1H3. The van der Waals surface area contributed by atoms with Gasteiger partial charge in [-0.3, -0.25) is 4.90 Å². The molecule has 1 aliphatic carbocycles. The van der Waals surface area contributed by atoms with E-state index < -0.39 is 0 Å². The number of piperazine rings is 1. The fourth-order valence-electron chi connectivity index (χ4n) is 3.02. The Morgan fingerprint density at radius 3 is 2.25 bits per heavy atom. The monoisotopic (exact) mass is 274 g/mol. The quantitative estimate of drug-likeness (QED) is 0.791. The largest absolute Gasteiger partial charge is 0.465 e. The summed E-state index contributed by atoms with van der Waals surface area (Å²) in [6, 6.07) is 8.58. The Balaban J connectivity index is 1.58. The Labute approximate surface area is 120 Å². The molecular weight excluding hydrogens is 252 g/mol. The van der Waals surface area contributed by atoms with Gasteiger partial charge in [0, 0.05) is 37.9 Å². The first kappa shape index (κ1) is 13.4. The molecule has 0 radical (unpaired) electrons. The van der Waals surface area contributed by atoms with E-state index in [9.17, 15) is 4.79 Å². The number of methoxy groups -OCH3 is 1. The Bertz CT molecular complexity index is 460. The van der Waals surface area contributed by atoms with Crippen molar-refractivity contribution in [3.63, 3.8) is 0 Å². The van der Waals surface area contributed by atoms with E-state index in [1.165, 1.54) is 32.1 Å². The van der Waals surface area contributed by atoms with Gasteiger partial charge in [0.15, 0.2) is 0 Å². The van der Waals surface area contributed by atoms with Crippen LogP contribution in [0.2, 0.25) is 0 Å². The van der Waals surface area contributed by atoms with Gasteiger partial charge < -0.3 is 9.64 Å². The smallest absolute Gasteiger partial charge is 0.337 e. The summed E-state index contributed by atoms with van der Waals surface area (Å²) in [5.74, 6) is -0.272. The van der Waals surface area contributed by atoms with Crippen molar-refractivity contribution in [2.75, 3.05) is 38.2 Å². The molecule has 1 saturated heterocycles. The van der Waals surface area contributed by atoms with Gasteiger partial charge in [0.25, 0.3) is 0 Å². The number of anilines is 1. The fraction of sp³-hybridized carbons (Fsp3) is 0.562. The highest BCUT2D eigenvalue weighted by molar-refractivity contribution is 5.89. The molecule has 3 rings (SSSR count). The number of carbonyl (C=O) groups is 1. The maximum atomic E-state index is 11.4. The fourth-order valence-corrected chi connectivity index (χ4v) is 3.02. The summed E-state index contributed by atoms with van der Waals surface area (Å²) in [6.07, 6.45) is 4.17. The first-order chi connectivity index (χ1) is 9.78. The summed E-state index contributed by atoms with van der Waals surface area (Å²) in [7, 11) is 1.41. The minimum Gasteiger partial charge on any atom is -0.465 e. The summed E-state index contributed by atoms with van der Waals surface area (Å²) in [4.78, 5) is 16.4. The Hall–Kier alpha value is -1.55. The molecule has 0 spiro atoms. The SMILES string of the molecule is COC(=O)c1ccc(N2CCN(C3CCC3)CC2)cc1. The third-order valence-electron chi connectivity index (χ3n) is 4.56. The molecule has 0 amide bonds. The molecule has 1 aromatic rings. The normalized spacial score (nSPS) is 20.6. The third kappa shape index (κ3) is 2.66. The molecule has 0 N–H and O–H groups in total. The summed E-state index contributed by atoms with van der Waals surface area (Å²) >= 11 is 0. The Morgan fingerprint density at radius 1 is 1.10 bits per heavy atom. The van der Waals surface area contributed by atoms with Crippen molar-refractivity contribution in [2.45, 2.75) is 25.3 Å². The Kier molecular flexibility index (Phi) is 3.92. The van der Waals surface area contributed by atoms with Gasteiger partial charge in [-0.15, -0.1) is 0 Å². The topological polar surface area (TPSA) is 32.8 Å². The number of esters is 1.